The number of aryl methyl sites for hydroxylation is 1. The van der Waals surface area contributed by atoms with Crippen molar-refractivity contribution in [2.45, 2.75) is 20.0 Å². The number of H-pyrrole nitrogens is 1. The molecule has 7 nitrogen and oxygen atoms in total. The molecule has 0 unspecified atom stereocenters. The number of anilines is 1. The zero-order chi connectivity index (χ0) is 11.4. The van der Waals surface area contributed by atoms with Gasteiger partial charge in [0.1, 0.15) is 12.1 Å². The van der Waals surface area contributed by atoms with E-state index in [4.69, 9.17) is 0 Å². The lowest BCUT2D eigenvalue weighted by atomic mass is 10.5. The number of nitrogens with one attached hydrogen (secondary N) is 2. The largest absolute Gasteiger partial charge is 0.363 e. The van der Waals surface area contributed by atoms with Gasteiger partial charge in [0.05, 0.1) is 12.9 Å². The second-order valence-corrected chi connectivity index (χ2v) is 3.18. The zero-order valence-electron chi connectivity index (χ0n) is 8.84. The van der Waals surface area contributed by atoms with Gasteiger partial charge in [0.25, 0.3) is 5.56 Å². The molecule has 0 bridgehead atoms. The first-order valence-electron chi connectivity index (χ1n) is 4.95. The zero-order valence-corrected chi connectivity index (χ0v) is 8.84. The number of hydrogen-bond acceptors (Lipinski definition) is 5. The quantitative estimate of drug-likeness (QED) is 0.756. The Kier molecular flexibility index (Phi) is 2.95. The summed E-state index contributed by atoms with van der Waals surface area (Å²) in [5.41, 5.74) is -0.186. The van der Waals surface area contributed by atoms with E-state index in [1.54, 1.807) is 6.33 Å². The molecule has 16 heavy (non-hydrogen) atoms. The lowest BCUT2D eigenvalue weighted by Gasteiger charge is -2.05. The highest BCUT2D eigenvalue weighted by Gasteiger charge is 2.02. The van der Waals surface area contributed by atoms with Gasteiger partial charge in [-0.25, -0.2) is 4.98 Å². The SMILES string of the molecule is CCn1cnnc1CNc1cc(=O)[nH]cn1. The van der Waals surface area contributed by atoms with E-state index in [2.05, 4.69) is 25.5 Å². The summed E-state index contributed by atoms with van der Waals surface area (Å²) in [5.74, 6) is 1.33. The van der Waals surface area contributed by atoms with Crippen LogP contribution in [-0.2, 0) is 13.1 Å². The number of aromatic amines is 1. The van der Waals surface area contributed by atoms with Crippen LogP contribution < -0.4 is 10.9 Å². The summed E-state index contributed by atoms with van der Waals surface area (Å²) in [7, 11) is 0. The van der Waals surface area contributed by atoms with Gasteiger partial charge in [0, 0.05) is 12.6 Å². The average Bonchev–Trinajstić information content (AvgIpc) is 2.74. The highest BCUT2D eigenvalue weighted by Crippen LogP contribution is 2.00. The highest BCUT2D eigenvalue weighted by atomic mass is 16.1. The molecule has 2 heterocycles. The molecular formula is C9H12N6O. The van der Waals surface area contributed by atoms with E-state index in [-0.39, 0.29) is 5.56 Å². The standard InChI is InChI=1S/C9H12N6O/c1-2-15-6-13-14-8(15)4-10-7-3-9(16)12-5-11-7/h3,5-6H,2,4H2,1H3,(H2,10,11,12,16). The Hall–Kier alpha value is -2.18. The molecule has 0 aliphatic heterocycles. The third-order valence-corrected chi connectivity index (χ3v) is 2.14. The fourth-order valence-corrected chi connectivity index (χ4v) is 1.31. The van der Waals surface area contributed by atoms with E-state index in [1.165, 1.54) is 12.4 Å². The molecule has 7 heteroatoms. The van der Waals surface area contributed by atoms with E-state index >= 15 is 0 Å². The van der Waals surface area contributed by atoms with E-state index in [0.717, 1.165) is 12.4 Å². The molecule has 0 saturated heterocycles. The molecular weight excluding hydrogens is 208 g/mol. The van der Waals surface area contributed by atoms with Crippen LogP contribution in [0.3, 0.4) is 0 Å². The first-order chi connectivity index (χ1) is 7.79. The Morgan fingerprint density at radius 1 is 1.56 bits per heavy atom. The third kappa shape index (κ3) is 2.25. The van der Waals surface area contributed by atoms with Crippen LogP contribution in [-0.4, -0.2) is 24.7 Å². The maximum atomic E-state index is 11.0. The summed E-state index contributed by atoms with van der Waals surface area (Å²) in [4.78, 5) is 17.4. The first kappa shape index (κ1) is 10.3. The van der Waals surface area contributed by atoms with Gasteiger partial charge in [-0.3, -0.25) is 4.79 Å². The van der Waals surface area contributed by atoms with Crippen LogP contribution in [0.5, 0.6) is 0 Å². The highest BCUT2D eigenvalue weighted by molar-refractivity contribution is 5.31. The van der Waals surface area contributed by atoms with Gasteiger partial charge < -0.3 is 14.9 Å². The molecule has 2 N–H and O–H groups in total. The summed E-state index contributed by atoms with van der Waals surface area (Å²) >= 11 is 0. The Balaban J connectivity index is 2.05. The summed E-state index contributed by atoms with van der Waals surface area (Å²) in [5, 5.41) is 10.8. The van der Waals surface area contributed by atoms with Gasteiger partial charge in [-0.15, -0.1) is 10.2 Å². The maximum Gasteiger partial charge on any atom is 0.252 e. The van der Waals surface area contributed by atoms with Crippen molar-refractivity contribution in [1.82, 2.24) is 24.7 Å². The Morgan fingerprint density at radius 3 is 3.19 bits per heavy atom. The van der Waals surface area contributed by atoms with E-state index < -0.39 is 0 Å². The lowest BCUT2D eigenvalue weighted by molar-refractivity contribution is 0.707. The van der Waals surface area contributed by atoms with E-state index in [1.807, 2.05) is 11.5 Å². The number of nitrogens with zero attached hydrogens (tertiary/aromatic N) is 4. The van der Waals surface area contributed by atoms with Crippen molar-refractivity contribution in [3.05, 3.63) is 34.9 Å². The minimum Gasteiger partial charge on any atom is -0.363 e. The summed E-state index contributed by atoms with van der Waals surface area (Å²) < 4.78 is 1.92. The van der Waals surface area contributed by atoms with Crippen LogP contribution in [0.2, 0.25) is 0 Å². The van der Waals surface area contributed by atoms with Crippen LogP contribution in [0.4, 0.5) is 5.82 Å². The van der Waals surface area contributed by atoms with Gasteiger partial charge in [-0.05, 0) is 6.92 Å². The second-order valence-electron chi connectivity index (χ2n) is 3.18. The minimum absolute atomic E-state index is 0.186. The number of hydrogen-bond donors (Lipinski definition) is 2. The molecule has 0 saturated carbocycles. The lowest BCUT2D eigenvalue weighted by Crippen LogP contribution is -2.11. The molecule has 2 aromatic rings. The minimum atomic E-state index is -0.186. The summed E-state index contributed by atoms with van der Waals surface area (Å²) in [6, 6.07) is 1.40. The molecule has 2 aromatic heterocycles. The Bertz CT molecular complexity index is 516. The average molecular weight is 220 g/mol. The second kappa shape index (κ2) is 4.56. The molecule has 84 valence electrons. The maximum absolute atomic E-state index is 11.0. The monoisotopic (exact) mass is 220 g/mol. The van der Waals surface area contributed by atoms with Crippen molar-refractivity contribution in [2.75, 3.05) is 5.32 Å². The van der Waals surface area contributed by atoms with E-state index in [0.29, 0.717) is 12.4 Å². The van der Waals surface area contributed by atoms with Gasteiger partial charge in [0.15, 0.2) is 5.82 Å². The molecule has 0 spiro atoms. The number of rotatable bonds is 4. The molecule has 0 amide bonds. The predicted octanol–water partition coefficient (Wildman–Crippen LogP) is -0.00660. The molecule has 0 aliphatic carbocycles. The van der Waals surface area contributed by atoms with Crippen LogP contribution in [0, 0.1) is 0 Å². The number of aromatic nitrogens is 5. The van der Waals surface area contributed by atoms with Crippen LogP contribution in [0.15, 0.2) is 23.5 Å². The van der Waals surface area contributed by atoms with Crippen molar-refractivity contribution in [2.24, 2.45) is 0 Å². The molecule has 0 aliphatic rings. The van der Waals surface area contributed by atoms with Gasteiger partial charge in [0.2, 0.25) is 0 Å². The van der Waals surface area contributed by atoms with Crippen molar-refractivity contribution in [3.8, 4) is 0 Å². The van der Waals surface area contributed by atoms with Crippen molar-refractivity contribution in [3.63, 3.8) is 0 Å². The Labute approximate surface area is 91.6 Å². The van der Waals surface area contributed by atoms with Gasteiger partial charge in [-0.1, -0.05) is 0 Å². The smallest absolute Gasteiger partial charge is 0.252 e. The topological polar surface area (TPSA) is 88.5 Å². The molecule has 2 rings (SSSR count). The van der Waals surface area contributed by atoms with Crippen molar-refractivity contribution in [1.29, 1.82) is 0 Å². The first-order valence-corrected chi connectivity index (χ1v) is 4.95. The van der Waals surface area contributed by atoms with Gasteiger partial charge >= 0.3 is 0 Å². The predicted molar refractivity (Wildman–Crippen MR) is 57.9 cm³/mol. The molecule has 0 radical (unpaired) electrons. The Morgan fingerprint density at radius 2 is 2.44 bits per heavy atom. The molecule has 0 aromatic carbocycles. The van der Waals surface area contributed by atoms with Gasteiger partial charge in [-0.2, -0.15) is 0 Å². The third-order valence-electron chi connectivity index (χ3n) is 2.14. The normalized spacial score (nSPS) is 10.3. The van der Waals surface area contributed by atoms with E-state index in [9.17, 15) is 4.79 Å². The van der Waals surface area contributed by atoms with Crippen molar-refractivity contribution >= 4 is 5.82 Å². The van der Waals surface area contributed by atoms with Crippen LogP contribution in [0.25, 0.3) is 0 Å². The fourth-order valence-electron chi connectivity index (χ4n) is 1.31. The van der Waals surface area contributed by atoms with Crippen molar-refractivity contribution < 1.29 is 0 Å². The van der Waals surface area contributed by atoms with Crippen LogP contribution >= 0.6 is 0 Å². The summed E-state index contributed by atoms with van der Waals surface area (Å²) in [6.45, 7) is 3.31. The summed E-state index contributed by atoms with van der Waals surface area (Å²) in [6.07, 6.45) is 3.03. The van der Waals surface area contributed by atoms with Crippen LogP contribution in [0.1, 0.15) is 12.7 Å². The molecule has 0 atom stereocenters. The fraction of sp³-hybridized carbons (Fsp3) is 0.333. The molecule has 0 fully saturated rings.